The molecule has 1 aromatic heterocycles. The van der Waals surface area contributed by atoms with Gasteiger partial charge in [-0.25, -0.2) is 17.9 Å². The minimum Gasteiger partial charge on any atom is -0.489 e. The molecule has 9 nitrogen and oxygen atoms in total. The summed E-state index contributed by atoms with van der Waals surface area (Å²) in [6, 6.07) is 14.6. The van der Waals surface area contributed by atoms with E-state index in [1.54, 1.807) is 12.1 Å². The average Bonchev–Trinajstić information content (AvgIpc) is 3.33. The van der Waals surface area contributed by atoms with E-state index in [1.807, 2.05) is 37.3 Å². The molecule has 3 amide bonds. The van der Waals surface area contributed by atoms with Crippen LogP contribution in [0, 0.1) is 6.92 Å². The highest BCUT2D eigenvalue weighted by Gasteiger charge is 2.55. The quantitative estimate of drug-likeness (QED) is 0.466. The number of carbonyl (C=O) groups is 2. The molecule has 1 aliphatic heterocycles. The largest absolute Gasteiger partial charge is 0.489 e. The van der Waals surface area contributed by atoms with Gasteiger partial charge >= 0.3 is 6.03 Å². The van der Waals surface area contributed by atoms with Gasteiger partial charge in [0, 0.05) is 16.6 Å². The maximum Gasteiger partial charge on any atom is 0.322 e. The Morgan fingerprint density at radius 2 is 1.91 bits per heavy atom. The van der Waals surface area contributed by atoms with Gasteiger partial charge in [-0.3, -0.25) is 15.1 Å². The molecule has 3 N–H and O–H groups in total. The Kier molecular flexibility index (Phi) is 5.49. The number of ether oxygens (including phenoxy) is 1. The second-order valence-electron chi connectivity index (χ2n) is 8.65. The third-order valence-electron chi connectivity index (χ3n) is 6.38. The van der Waals surface area contributed by atoms with Gasteiger partial charge in [-0.15, -0.1) is 0 Å². The predicted molar refractivity (Wildman–Crippen MR) is 125 cm³/mol. The summed E-state index contributed by atoms with van der Waals surface area (Å²) in [6.07, 6.45) is 1.46. The van der Waals surface area contributed by atoms with Crippen molar-refractivity contribution in [2.45, 2.75) is 49.3 Å². The molecule has 1 aliphatic carbocycles. The minimum atomic E-state index is -3.91. The fourth-order valence-electron chi connectivity index (χ4n) is 4.74. The van der Waals surface area contributed by atoms with E-state index in [-0.39, 0.29) is 4.90 Å². The molecule has 3 aromatic rings. The van der Waals surface area contributed by atoms with Gasteiger partial charge in [0.25, 0.3) is 5.91 Å². The fraction of sp³-hybridized carbons (Fsp3) is 0.292. The number of benzene rings is 2. The van der Waals surface area contributed by atoms with Gasteiger partial charge in [0.15, 0.2) is 0 Å². The first-order chi connectivity index (χ1) is 16.3. The van der Waals surface area contributed by atoms with Crippen LogP contribution in [0.25, 0.3) is 10.9 Å². The van der Waals surface area contributed by atoms with Crippen molar-refractivity contribution in [3.05, 3.63) is 65.9 Å². The van der Waals surface area contributed by atoms with Gasteiger partial charge in [0.1, 0.15) is 17.9 Å². The van der Waals surface area contributed by atoms with Gasteiger partial charge < -0.3 is 10.1 Å². The van der Waals surface area contributed by atoms with Crippen LogP contribution in [0.3, 0.4) is 0 Å². The number of para-hydroxylation sites is 1. The number of aromatic nitrogens is 1. The Balaban J connectivity index is 1.30. The summed E-state index contributed by atoms with van der Waals surface area (Å²) in [7, 11) is -3.91. The molecule has 2 heterocycles. The van der Waals surface area contributed by atoms with Crippen LogP contribution < -0.4 is 20.1 Å². The van der Waals surface area contributed by atoms with Crippen molar-refractivity contribution in [2.75, 3.05) is 0 Å². The first-order valence-corrected chi connectivity index (χ1v) is 12.5. The number of amides is 3. The summed E-state index contributed by atoms with van der Waals surface area (Å²) in [5.74, 6) is 0.0302. The number of urea groups is 1. The van der Waals surface area contributed by atoms with Gasteiger partial charge in [-0.2, -0.15) is 0 Å². The van der Waals surface area contributed by atoms with Crippen molar-refractivity contribution in [3.8, 4) is 5.75 Å². The van der Waals surface area contributed by atoms with Crippen LogP contribution in [0.5, 0.6) is 5.75 Å². The Bertz CT molecular complexity index is 1390. The summed E-state index contributed by atoms with van der Waals surface area (Å²) in [6.45, 7) is 2.24. The number of fused-ring (bicyclic) bond motifs is 1. The van der Waals surface area contributed by atoms with Gasteiger partial charge in [0.05, 0.1) is 16.5 Å². The lowest BCUT2D eigenvalue weighted by molar-refractivity contribution is -0.124. The van der Waals surface area contributed by atoms with E-state index in [0.717, 1.165) is 22.2 Å². The van der Waals surface area contributed by atoms with Gasteiger partial charge in [-0.05, 0) is 62.6 Å². The summed E-state index contributed by atoms with van der Waals surface area (Å²) in [5.41, 5.74) is 1.54. The molecule has 10 heteroatoms. The highest BCUT2D eigenvalue weighted by Crippen LogP contribution is 2.34. The molecule has 2 atom stereocenters. The SMILES string of the molecule is Cc1cc(COc2ccc(S(=O)(=O)NC3CCCC34NC(=O)NC4=O)cc2)c2ccccc2n1. The average molecular weight is 481 g/mol. The van der Waals surface area contributed by atoms with Crippen molar-refractivity contribution in [3.63, 3.8) is 0 Å². The second kappa shape index (κ2) is 8.37. The van der Waals surface area contributed by atoms with Crippen LogP contribution in [0.15, 0.2) is 59.5 Å². The smallest absolute Gasteiger partial charge is 0.322 e. The van der Waals surface area contributed by atoms with Gasteiger partial charge in [-0.1, -0.05) is 18.2 Å². The Morgan fingerprint density at radius 1 is 1.15 bits per heavy atom. The molecule has 34 heavy (non-hydrogen) atoms. The zero-order chi connectivity index (χ0) is 23.9. The zero-order valence-corrected chi connectivity index (χ0v) is 19.3. The highest BCUT2D eigenvalue weighted by atomic mass is 32.2. The number of carbonyl (C=O) groups excluding carboxylic acids is 2. The number of hydrogen-bond donors (Lipinski definition) is 3. The molecule has 176 valence electrons. The number of nitrogens with one attached hydrogen (secondary N) is 3. The van der Waals surface area contributed by atoms with Crippen LogP contribution in [-0.4, -0.2) is 36.9 Å². The van der Waals surface area contributed by atoms with E-state index in [1.165, 1.54) is 12.1 Å². The van der Waals surface area contributed by atoms with Crippen LogP contribution in [-0.2, 0) is 21.4 Å². The topological polar surface area (TPSA) is 126 Å². The summed E-state index contributed by atoms with van der Waals surface area (Å²) in [4.78, 5) is 28.6. The van der Waals surface area contributed by atoms with Crippen molar-refractivity contribution < 1.29 is 22.7 Å². The summed E-state index contributed by atoms with van der Waals surface area (Å²) >= 11 is 0. The van der Waals surface area contributed by atoms with E-state index in [4.69, 9.17) is 4.74 Å². The van der Waals surface area contributed by atoms with Gasteiger partial charge in [0.2, 0.25) is 10.0 Å². The lowest BCUT2D eigenvalue weighted by Crippen LogP contribution is -2.59. The van der Waals surface area contributed by atoms with Crippen molar-refractivity contribution in [1.29, 1.82) is 0 Å². The van der Waals surface area contributed by atoms with Crippen LogP contribution in [0.4, 0.5) is 4.79 Å². The lowest BCUT2D eigenvalue weighted by Gasteiger charge is -2.28. The Labute approximate surface area is 197 Å². The molecule has 1 spiro atoms. The molecule has 2 aromatic carbocycles. The molecule has 2 aliphatic rings. The molecule has 1 saturated carbocycles. The molecule has 2 unspecified atom stereocenters. The number of sulfonamides is 1. The van der Waals surface area contributed by atoms with Crippen LogP contribution in [0.1, 0.15) is 30.5 Å². The van der Waals surface area contributed by atoms with E-state index in [9.17, 15) is 18.0 Å². The van der Waals surface area contributed by atoms with E-state index in [0.29, 0.717) is 31.6 Å². The highest BCUT2D eigenvalue weighted by molar-refractivity contribution is 7.89. The number of aryl methyl sites for hydroxylation is 1. The summed E-state index contributed by atoms with van der Waals surface area (Å²) in [5, 5.41) is 5.83. The first-order valence-electron chi connectivity index (χ1n) is 11.0. The number of hydrogen-bond acceptors (Lipinski definition) is 6. The van der Waals surface area contributed by atoms with E-state index >= 15 is 0 Å². The molecule has 0 bridgehead atoms. The minimum absolute atomic E-state index is 0.0526. The third-order valence-corrected chi connectivity index (χ3v) is 7.87. The molecular formula is C24H24N4O5S. The third kappa shape index (κ3) is 3.99. The normalized spacial score (nSPS) is 22.2. The number of imide groups is 1. The second-order valence-corrected chi connectivity index (χ2v) is 10.4. The maximum atomic E-state index is 13.0. The lowest BCUT2D eigenvalue weighted by atomic mass is 9.94. The predicted octanol–water partition coefficient (Wildman–Crippen LogP) is 2.53. The first kappa shape index (κ1) is 22.3. The number of nitrogens with zero attached hydrogens (tertiary/aromatic N) is 1. The van der Waals surface area contributed by atoms with Crippen molar-refractivity contribution in [1.82, 2.24) is 20.3 Å². The molecule has 5 rings (SSSR count). The standard InChI is InChI=1S/C24H24N4O5S/c1-15-13-16(19-5-2-3-6-20(19)25-15)14-33-17-8-10-18(11-9-17)34(31,32)28-21-7-4-12-24(21)22(29)26-23(30)27-24/h2-3,5-6,8-11,13,21,28H,4,7,12,14H2,1H3,(H2,26,27,29,30). The fourth-order valence-corrected chi connectivity index (χ4v) is 6.06. The molecular weight excluding hydrogens is 456 g/mol. The van der Waals surface area contributed by atoms with E-state index < -0.39 is 33.5 Å². The van der Waals surface area contributed by atoms with E-state index in [2.05, 4.69) is 20.3 Å². The Morgan fingerprint density at radius 3 is 2.65 bits per heavy atom. The number of pyridine rings is 1. The van der Waals surface area contributed by atoms with Crippen molar-refractivity contribution >= 4 is 32.9 Å². The van der Waals surface area contributed by atoms with Crippen LogP contribution >= 0.6 is 0 Å². The monoisotopic (exact) mass is 480 g/mol. The molecule has 0 radical (unpaired) electrons. The zero-order valence-electron chi connectivity index (χ0n) is 18.5. The number of rotatable bonds is 6. The molecule has 1 saturated heterocycles. The summed E-state index contributed by atoms with van der Waals surface area (Å²) < 4.78 is 34.5. The van der Waals surface area contributed by atoms with Crippen molar-refractivity contribution in [2.24, 2.45) is 0 Å². The van der Waals surface area contributed by atoms with Crippen LogP contribution in [0.2, 0.25) is 0 Å². The Hall–Kier alpha value is -3.50. The molecule has 2 fully saturated rings. The maximum absolute atomic E-state index is 13.0.